The molecule has 0 amide bonds. The summed E-state index contributed by atoms with van der Waals surface area (Å²) in [7, 11) is 5.19. The van der Waals surface area contributed by atoms with Gasteiger partial charge in [-0.05, 0) is 17.7 Å². The average molecular weight is 235 g/mol. The Morgan fingerprint density at radius 3 is 2.53 bits per heavy atom. The number of hydrogen-bond acceptors (Lipinski definition) is 5. The van der Waals surface area contributed by atoms with Gasteiger partial charge < -0.3 is 20.1 Å². The maximum absolute atomic E-state index is 5.75. The molecule has 1 aliphatic heterocycles. The fourth-order valence-corrected chi connectivity index (χ4v) is 1.96. The van der Waals surface area contributed by atoms with Crippen molar-refractivity contribution in [2.24, 2.45) is 10.7 Å². The number of ether oxygens (including phenoxy) is 2. The number of rotatable bonds is 3. The summed E-state index contributed by atoms with van der Waals surface area (Å²) in [6.45, 7) is 0.678. The van der Waals surface area contributed by atoms with Crippen molar-refractivity contribution in [2.45, 2.75) is 6.04 Å². The fourth-order valence-electron chi connectivity index (χ4n) is 1.96. The minimum absolute atomic E-state index is 0.176. The molecule has 2 rings (SSSR count). The molecule has 0 aromatic heterocycles. The molecule has 92 valence electrons. The van der Waals surface area contributed by atoms with Crippen LogP contribution >= 0.6 is 0 Å². The lowest BCUT2D eigenvalue weighted by atomic mass is 10.1. The van der Waals surface area contributed by atoms with E-state index in [1.807, 2.05) is 30.1 Å². The molecule has 1 aromatic rings. The first-order valence-corrected chi connectivity index (χ1v) is 5.42. The van der Waals surface area contributed by atoms with Crippen molar-refractivity contribution in [1.29, 1.82) is 0 Å². The quantitative estimate of drug-likeness (QED) is 0.849. The number of likely N-dealkylation sites (N-methyl/N-ethyl adjacent to an activating group) is 1. The second-order valence-electron chi connectivity index (χ2n) is 3.94. The molecule has 0 saturated carbocycles. The molecule has 5 heteroatoms. The van der Waals surface area contributed by atoms with Gasteiger partial charge in [0.2, 0.25) is 0 Å². The van der Waals surface area contributed by atoms with E-state index in [1.165, 1.54) is 0 Å². The number of nitrogens with zero attached hydrogens (tertiary/aromatic N) is 2. The second kappa shape index (κ2) is 4.53. The zero-order chi connectivity index (χ0) is 12.4. The van der Waals surface area contributed by atoms with Gasteiger partial charge in [-0.25, -0.2) is 0 Å². The molecular weight excluding hydrogens is 218 g/mol. The van der Waals surface area contributed by atoms with Gasteiger partial charge >= 0.3 is 0 Å². The molecule has 0 radical (unpaired) electrons. The van der Waals surface area contributed by atoms with E-state index in [0.29, 0.717) is 12.5 Å². The van der Waals surface area contributed by atoms with E-state index in [-0.39, 0.29) is 6.04 Å². The first kappa shape index (κ1) is 11.6. The van der Waals surface area contributed by atoms with Crippen molar-refractivity contribution in [3.63, 3.8) is 0 Å². The van der Waals surface area contributed by atoms with Gasteiger partial charge in [-0.3, -0.25) is 4.99 Å². The highest BCUT2D eigenvalue weighted by atomic mass is 16.5. The Morgan fingerprint density at radius 2 is 2.00 bits per heavy atom. The summed E-state index contributed by atoms with van der Waals surface area (Å²) < 4.78 is 10.5. The van der Waals surface area contributed by atoms with Crippen LogP contribution in [0.3, 0.4) is 0 Å². The van der Waals surface area contributed by atoms with Crippen LogP contribution in [0.4, 0.5) is 0 Å². The summed E-state index contributed by atoms with van der Waals surface area (Å²) in [5.74, 6) is 2.03. The van der Waals surface area contributed by atoms with E-state index >= 15 is 0 Å². The largest absolute Gasteiger partial charge is 0.493 e. The molecule has 1 aliphatic rings. The molecule has 1 heterocycles. The van der Waals surface area contributed by atoms with Crippen LogP contribution in [0, 0.1) is 0 Å². The van der Waals surface area contributed by atoms with Crippen LogP contribution in [0.1, 0.15) is 11.6 Å². The van der Waals surface area contributed by atoms with Gasteiger partial charge in [0.05, 0.1) is 26.8 Å². The van der Waals surface area contributed by atoms with Gasteiger partial charge in [0.1, 0.15) is 0 Å². The van der Waals surface area contributed by atoms with E-state index in [9.17, 15) is 0 Å². The number of hydrogen-bond donors (Lipinski definition) is 1. The number of guanidine groups is 1. The molecule has 0 bridgehead atoms. The van der Waals surface area contributed by atoms with Crippen LogP contribution in [0.2, 0.25) is 0 Å². The summed E-state index contributed by atoms with van der Waals surface area (Å²) in [5.41, 5.74) is 6.87. The minimum Gasteiger partial charge on any atom is -0.493 e. The standard InChI is InChI=1S/C12H17N3O2/c1-15-9(7-14-12(15)13)8-4-5-10(16-2)11(6-8)17-3/h4-6,9H,7H2,1-3H3,(H2,13,14). The lowest BCUT2D eigenvalue weighted by molar-refractivity contribution is 0.351. The molecule has 5 nitrogen and oxygen atoms in total. The van der Waals surface area contributed by atoms with Crippen LogP contribution in [-0.2, 0) is 0 Å². The summed E-state index contributed by atoms with van der Waals surface area (Å²) in [6.07, 6.45) is 0. The first-order valence-electron chi connectivity index (χ1n) is 5.42. The third kappa shape index (κ3) is 2.00. The van der Waals surface area contributed by atoms with Crippen LogP contribution in [0.25, 0.3) is 0 Å². The zero-order valence-corrected chi connectivity index (χ0v) is 10.3. The SMILES string of the molecule is COc1ccc(C2CN=C(N)N2C)cc1OC. The molecule has 1 aromatic carbocycles. The highest BCUT2D eigenvalue weighted by Gasteiger charge is 2.24. The van der Waals surface area contributed by atoms with Crippen molar-refractivity contribution in [3.05, 3.63) is 23.8 Å². The van der Waals surface area contributed by atoms with Crippen LogP contribution in [0.15, 0.2) is 23.2 Å². The van der Waals surface area contributed by atoms with Gasteiger partial charge in [0, 0.05) is 7.05 Å². The Kier molecular flexibility index (Phi) is 3.08. The predicted molar refractivity (Wildman–Crippen MR) is 66.5 cm³/mol. The van der Waals surface area contributed by atoms with E-state index in [2.05, 4.69) is 4.99 Å². The topological polar surface area (TPSA) is 60.1 Å². The molecular formula is C12H17N3O2. The third-order valence-electron chi connectivity index (χ3n) is 3.05. The second-order valence-corrected chi connectivity index (χ2v) is 3.94. The number of benzene rings is 1. The molecule has 0 aliphatic carbocycles. The minimum atomic E-state index is 0.176. The lowest BCUT2D eigenvalue weighted by Gasteiger charge is -2.22. The van der Waals surface area contributed by atoms with Crippen molar-refractivity contribution >= 4 is 5.96 Å². The number of methoxy groups -OCH3 is 2. The summed E-state index contributed by atoms with van der Waals surface area (Å²) >= 11 is 0. The van der Waals surface area contributed by atoms with Crippen molar-refractivity contribution in [1.82, 2.24) is 4.90 Å². The molecule has 17 heavy (non-hydrogen) atoms. The maximum Gasteiger partial charge on any atom is 0.191 e. The fraction of sp³-hybridized carbons (Fsp3) is 0.417. The Bertz CT molecular complexity index is 445. The first-order chi connectivity index (χ1) is 8.17. The van der Waals surface area contributed by atoms with Crippen LogP contribution in [0.5, 0.6) is 11.5 Å². The Balaban J connectivity index is 2.29. The van der Waals surface area contributed by atoms with Gasteiger partial charge in [0.25, 0.3) is 0 Å². The van der Waals surface area contributed by atoms with Gasteiger partial charge in [-0.15, -0.1) is 0 Å². The Hall–Kier alpha value is -1.91. The van der Waals surface area contributed by atoms with E-state index in [1.54, 1.807) is 14.2 Å². The Morgan fingerprint density at radius 1 is 1.29 bits per heavy atom. The van der Waals surface area contributed by atoms with Crippen LogP contribution < -0.4 is 15.2 Å². The summed E-state index contributed by atoms with van der Waals surface area (Å²) in [4.78, 5) is 6.18. The number of aliphatic imine (C=N–C) groups is 1. The monoisotopic (exact) mass is 235 g/mol. The summed E-state index contributed by atoms with van der Waals surface area (Å²) in [6, 6.07) is 6.05. The normalized spacial score (nSPS) is 19.1. The van der Waals surface area contributed by atoms with E-state index in [0.717, 1.165) is 17.1 Å². The van der Waals surface area contributed by atoms with E-state index < -0.39 is 0 Å². The van der Waals surface area contributed by atoms with Gasteiger partial charge in [-0.2, -0.15) is 0 Å². The van der Waals surface area contributed by atoms with Crippen molar-refractivity contribution in [2.75, 3.05) is 27.8 Å². The molecule has 1 atom stereocenters. The van der Waals surface area contributed by atoms with Crippen LogP contribution in [-0.4, -0.2) is 38.7 Å². The van der Waals surface area contributed by atoms with Gasteiger partial charge in [-0.1, -0.05) is 6.07 Å². The molecule has 2 N–H and O–H groups in total. The maximum atomic E-state index is 5.75. The molecule has 0 spiro atoms. The Labute approximate surface area is 101 Å². The molecule has 0 fully saturated rings. The van der Waals surface area contributed by atoms with E-state index in [4.69, 9.17) is 15.2 Å². The summed E-state index contributed by atoms with van der Waals surface area (Å²) in [5, 5.41) is 0. The molecule has 1 unspecified atom stereocenters. The van der Waals surface area contributed by atoms with Crippen molar-refractivity contribution < 1.29 is 9.47 Å². The smallest absolute Gasteiger partial charge is 0.191 e. The third-order valence-corrected chi connectivity index (χ3v) is 3.05. The predicted octanol–water partition coefficient (Wildman–Crippen LogP) is 1.00. The molecule has 0 saturated heterocycles. The average Bonchev–Trinajstić information content (AvgIpc) is 2.69. The lowest BCUT2D eigenvalue weighted by Crippen LogP contribution is -2.32. The zero-order valence-electron chi connectivity index (χ0n) is 10.3. The highest BCUT2D eigenvalue weighted by molar-refractivity contribution is 5.80. The van der Waals surface area contributed by atoms with Crippen molar-refractivity contribution in [3.8, 4) is 11.5 Å². The highest BCUT2D eigenvalue weighted by Crippen LogP contribution is 2.32. The van der Waals surface area contributed by atoms with Gasteiger partial charge in [0.15, 0.2) is 17.5 Å². The number of nitrogens with two attached hydrogens (primary N) is 1.